The van der Waals surface area contributed by atoms with Gasteiger partial charge in [0.2, 0.25) is 0 Å². The fraction of sp³-hybridized carbons (Fsp3) is 0.154. The first kappa shape index (κ1) is 12.0. The second-order valence-electron chi connectivity index (χ2n) is 3.89. The maximum absolute atomic E-state index is 11.9. The smallest absolute Gasteiger partial charge is 0.260 e. The van der Waals surface area contributed by atoms with Crippen LogP contribution < -0.4 is 10.9 Å². The van der Waals surface area contributed by atoms with E-state index < -0.39 is 5.56 Å². The minimum atomic E-state index is -0.392. The Bertz CT molecular complexity index is 592. The van der Waals surface area contributed by atoms with Crippen LogP contribution in [0.3, 0.4) is 0 Å². The highest BCUT2D eigenvalue weighted by Gasteiger charge is 2.13. The normalized spacial score (nSPS) is 11.8. The van der Waals surface area contributed by atoms with Gasteiger partial charge in [-0.05, 0) is 36.8 Å². The quantitative estimate of drug-likeness (QED) is 0.852. The van der Waals surface area contributed by atoms with Gasteiger partial charge in [-0.15, -0.1) is 0 Å². The van der Waals surface area contributed by atoms with Crippen molar-refractivity contribution in [2.24, 2.45) is 0 Å². The lowest BCUT2D eigenvalue weighted by Gasteiger charge is -2.13. The molecule has 2 aromatic rings. The van der Waals surface area contributed by atoms with Crippen molar-refractivity contribution >= 4 is 5.91 Å². The number of aromatic amines is 1. The molecule has 0 radical (unpaired) electrons. The van der Waals surface area contributed by atoms with Crippen LogP contribution in [0.15, 0.2) is 47.7 Å². The maximum Gasteiger partial charge on any atom is 0.260 e. The molecule has 0 bridgehead atoms. The Morgan fingerprint density at radius 2 is 2.06 bits per heavy atom. The Labute approximate surface area is 104 Å². The van der Waals surface area contributed by atoms with Crippen LogP contribution in [0.2, 0.25) is 0 Å². The number of pyridine rings is 2. The number of H-pyrrole nitrogens is 1. The summed E-state index contributed by atoms with van der Waals surface area (Å²) >= 11 is 0. The van der Waals surface area contributed by atoms with Crippen LogP contribution >= 0.6 is 0 Å². The minimum absolute atomic E-state index is 0.110. The molecule has 2 N–H and O–H groups in total. The van der Waals surface area contributed by atoms with Crippen LogP contribution in [0.1, 0.15) is 28.9 Å². The topological polar surface area (TPSA) is 74.8 Å². The van der Waals surface area contributed by atoms with E-state index in [9.17, 15) is 9.59 Å². The lowest BCUT2D eigenvalue weighted by Crippen LogP contribution is -2.31. The van der Waals surface area contributed by atoms with E-state index >= 15 is 0 Å². The van der Waals surface area contributed by atoms with E-state index in [1.807, 2.05) is 19.1 Å². The maximum atomic E-state index is 11.9. The molecule has 0 fully saturated rings. The van der Waals surface area contributed by atoms with Crippen LogP contribution in [0.5, 0.6) is 0 Å². The SMILES string of the molecule is C[C@@H](NC(=O)c1ccc[nH]c1=O)c1ccncc1. The van der Waals surface area contributed by atoms with Gasteiger partial charge in [0.15, 0.2) is 0 Å². The number of aromatic nitrogens is 2. The summed E-state index contributed by atoms with van der Waals surface area (Å²) in [6.45, 7) is 1.85. The van der Waals surface area contributed by atoms with E-state index in [-0.39, 0.29) is 17.5 Å². The van der Waals surface area contributed by atoms with Crippen molar-refractivity contribution in [1.29, 1.82) is 0 Å². The molecule has 92 valence electrons. The number of nitrogens with zero attached hydrogens (tertiary/aromatic N) is 1. The van der Waals surface area contributed by atoms with Gasteiger partial charge in [-0.2, -0.15) is 0 Å². The zero-order valence-corrected chi connectivity index (χ0v) is 9.88. The third-order valence-electron chi connectivity index (χ3n) is 2.62. The van der Waals surface area contributed by atoms with Crippen molar-refractivity contribution < 1.29 is 4.79 Å². The van der Waals surface area contributed by atoms with Crippen molar-refractivity contribution in [2.75, 3.05) is 0 Å². The number of amides is 1. The van der Waals surface area contributed by atoms with Gasteiger partial charge in [0, 0.05) is 18.6 Å². The minimum Gasteiger partial charge on any atom is -0.345 e. The Hall–Kier alpha value is -2.43. The van der Waals surface area contributed by atoms with E-state index in [1.165, 1.54) is 12.3 Å². The van der Waals surface area contributed by atoms with Crippen LogP contribution in [0.25, 0.3) is 0 Å². The summed E-state index contributed by atoms with van der Waals surface area (Å²) in [5.74, 6) is -0.388. The molecule has 0 aliphatic rings. The number of carbonyl (C=O) groups excluding carboxylic acids is 1. The van der Waals surface area contributed by atoms with Crippen molar-refractivity contribution in [3.8, 4) is 0 Å². The second kappa shape index (κ2) is 5.27. The third kappa shape index (κ3) is 2.63. The molecule has 0 aromatic carbocycles. The summed E-state index contributed by atoms with van der Waals surface area (Å²) in [7, 11) is 0. The molecule has 2 rings (SSSR count). The van der Waals surface area contributed by atoms with E-state index in [4.69, 9.17) is 0 Å². The number of nitrogens with one attached hydrogen (secondary N) is 2. The molecule has 18 heavy (non-hydrogen) atoms. The fourth-order valence-corrected chi connectivity index (χ4v) is 1.61. The highest BCUT2D eigenvalue weighted by Crippen LogP contribution is 2.10. The standard InChI is InChI=1S/C13H13N3O2/c1-9(10-4-7-14-8-5-10)16-13(18)11-3-2-6-15-12(11)17/h2-9H,1H3,(H,15,17)(H,16,18)/t9-/m1/s1. The molecule has 1 atom stereocenters. The van der Waals surface area contributed by atoms with Crippen molar-refractivity contribution in [3.05, 3.63) is 64.3 Å². The number of carbonyl (C=O) groups is 1. The fourth-order valence-electron chi connectivity index (χ4n) is 1.61. The molecule has 1 amide bonds. The van der Waals surface area contributed by atoms with Gasteiger partial charge in [-0.1, -0.05) is 0 Å². The van der Waals surface area contributed by atoms with Crippen molar-refractivity contribution in [3.63, 3.8) is 0 Å². The number of rotatable bonds is 3. The summed E-state index contributed by atoms with van der Waals surface area (Å²) in [5, 5.41) is 2.77. The number of hydrogen-bond donors (Lipinski definition) is 2. The van der Waals surface area contributed by atoms with Gasteiger partial charge in [-0.3, -0.25) is 14.6 Å². The molecule has 0 saturated carbocycles. The summed E-state index contributed by atoms with van der Waals surface area (Å²) in [6.07, 6.45) is 4.81. The second-order valence-corrected chi connectivity index (χ2v) is 3.89. The molecule has 0 aliphatic heterocycles. The Morgan fingerprint density at radius 1 is 1.33 bits per heavy atom. The Morgan fingerprint density at radius 3 is 2.72 bits per heavy atom. The van der Waals surface area contributed by atoms with E-state index in [0.29, 0.717) is 0 Å². The first-order valence-electron chi connectivity index (χ1n) is 5.57. The lowest BCUT2D eigenvalue weighted by molar-refractivity contribution is 0.0938. The third-order valence-corrected chi connectivity index (χ3v) is 2.62. The van der Waals surface area contributed by atoms with Gasteiger partial charge in [-0.25, -0.2) is 0 Å². The van der Waals surface area contributed by atoms with Crippen LogP contribution in [-0.2, 0) is 0 Å². The van der Waals surface area contributed by atoms with Crippen molar-refractivity contribution in [1.82, 2.24) is 15.3 Å². The lowest BCUT2D eigenvalue weighted by atomic mass is 10.1. The van der Waals surface area contributed by atoms with E-state index in [1.54, 1.807) is 18.5 Å². The van der Waals surface area contributed by atoms with Crippen molar-refractivity contribution in [2.45, 2.75) is 13.0 Å². The van der Waals surface area contributed by atoms with Gasteiger partial charge < -0.3 is 10.3 Å². The summed E-state index contributed by atoms with van der Waals surface area (Å²) in [6, 6.07) is 6.57. The first-order valence-corrected chi connectivity index (χ1v) is 5.57. The van der Waals surface area contributed by atoms with Crippen LogP contribution in [0, 0.1) is 0 Å². The molecule has 2 heterocycles. The Kier molecular flexibility index (Phi) is 3.52. The molecule has 5 nitrogen and oxygen atoms in total. The molecule has 0 saturated heterocycles. The molecule has 0 spiro atoms. The molecule has 5 heteroatoms. The molecule has 0 unspecified atom stereocenters. The average Bonchev–Trinajstić information content (AvgIpc) is 2.40. The highest BCUT2D eigenvalue weighted by atomic mass is 16.2. The van der Waals surface area contributed by atoms with E-state index in [0.717, 1.165) is 5.56 Å². The molecular weight excluding hydrogens is 230 g/mol. The predicted molar refractivity (Wildman–Crippen MR) is 67.2 cm³/mol. The van der Waals surface area contributed by atoms with E-state index in [2.05, 4.69) is 15.3 Å². The molecule has 0 aliphatic carbocycles. The highest BCUT2D eigenvalue weighted by molar-refractivity contribution is 5.93. The predicted octanol–water partition coefficient (Wildman–Crippen LogP) is 1.26. The largest absolute Gasteiger partial charge is 0.345 e. The number of hydrogen-bond acceptors (Lipinski definition) is 3. The van der Waals surface area contributed by atoms with Gasteiger partial charge in [0.1, 0.15) is 5.56 Å². The van der Waals surface area contributed by atoms with Gasteiger partial charge >= 0.3 is 0 Å². The Balaban J connectivity index is 2.14. The summed E-state index contributed by atoms with van der Waals surface area (Å²) in [5.41, 5.74) is 0.654. The molecular formula is C13H13N3O2. The van der Waals surface area contributed by atoms with Gasteiger partial charge in [0.05, 0.1) is 6.04 Å². The summed E-state index contributed by atoms with van der Waals surface area (Å²) in [4.78, 5) is 29.7. The van der Waals surface area contributed by atoms with Crippen LogP contribution in [-0.4, -0.2) is 15.9 Å². The average molecular weight is 243 g/mol. The zero-order valence-electron chi connectivity index (χ0n) is 9.88. The van der Waals surface area contributed by atoms with Crippen LogP contribution in [0.4, 0.5) is 0 Å². The molecule has 2 aromatic heterocycles. The monoisotopic (exact) mass is 243 g/mol. The summed E-state index contributed by atoms with van der Waals surface area (Å²) < 4.78 is 0. The van der Waals surface area contributed by atoms with Gasteiger partial charge in [0.25, 0.3) is 11.5 Å². The first-order chi connectivity index (χ1) is 8.68. The zero-order chi connectivity index (χ0) is 13.0.